The molecule has 0 aliphatic rings. The van der Waals surface area contributed by atoms with Crippen LogP contribution in [0.2, 0.25) is 0 Å². The second kappa shape index (κ2) is 4.20. The number of alkyl halides is 3. The van der Waals surface area contributed by atoms with Crippen molar-refractivity contribution in [2.45, 2.75) is 19.5 Å². The summed E-state index contributed by atoms with van der Waals surface area (Å²) < 4.78 is 39.8. The molecule has 0 aliphatic heterocycles. The van der Waals surface area contributed by atoms with E-state index in [1.165, 1.54) is 18.5 Å². The maximum absolute atomic E-state index is 12.9. The number of hydrogen-bond donors (Lipinski definition) is 0. The zero-order valence-electron chi connectivity index (χ0n) is 9.07. The zero-order chi connectivity index (χ0) is 12.5. The van der Waals surface area contributed by atoms with Gasteiger partial charge in [-0.05, 0) is 24.1 Å². The average molecular weight is 241 g/mol. The third-order valence-corrected chi connectivity index (χ3v) is 2.44. The third-order valence-electron chi connectivity index (χ3n) is 2.44. The van der Waals surface area contributed by atoms with Crippen LogP contribution in [0.3, 0.4) is 0 Å². The minimum absolute atomic E-state index is 0.00722. The minimum atomic E-state index is -4.40. The van der Waals surface area contributed by atoms with Crippen LogP contribution < -0.4 is 0 Å². The average Bonchev–Trinajstić information content (AvgIpc) is 2.80. The molecule has 6 heteroatoms. The van der Waals surface area contributed by atoms with Crippen molar-refractivity contribution in [3.05, 3.63) is 41.7 Å². The minimum Gasteiger partial charge on any atom is -0.220 e. The van der Waals surface area contributed by atoms with Crippen molar-refractivity contribution < 1.29 is 13.2 Å². The van der Waals surface area contributed by atoms with Gasteiger partial charge in [-0.2, -0.15) is 13.2 Å². The van der Waals surface area contributed by atoms with Crippen LogP contribution in [-0.4, -0.2) is 15.0 Å². The summed E-state index contributed by atoms with van der Waals surface area (Å²) in [7, 11) is 0. The van der Waals surface area contributed by atoms with E-state index >= 15 is 0 Å². The fraction of sp³-hybridized carbons (Fsp3) is 0.273. The molecule has 0 saturated heterocycles. The molecule has 0 atom stereocenters. The van der Waals surface area contributed by atoms with Crippen LogP contribution >= 0.6 is 0 Å². The number of aromatic nitrogens is 3. The summed E-state index contributed by atoms with van der Waals surface area (Å²) in [5.41, 5.74) is -0.0595. The van der Waals surface area contributed by atoms with Gasteiger partial charge in [0.2, 0.25) is 0 Å². The van der Waals surface area contributed by atoms with Crippen molar-refractivity contribution in [2.75, 3.05) is 0 Å². The molecule has 1 heterocycles. The number of aryl methyl sites for hydroxylation is 1. The highest BCUT2D eigenvalue weighted by atomic mass is 19.4. The molecule has 2 rings (SSSR count). The van der Waals surface area contributed by atoms with Crippen molar-refractivity contribution in [1.82, 2.24) is 15.0 Å². The second-order valence-electron chi connectivity index (χ2n) is 3.55. The third kappa shape index (κ3) is 2.30. The molecule has 0 unspecified atom stereocenters. The summed E-state index contributed by atoms with van der Waals surface area (Å²) in [6, 6.07) is 4.22. The normalized spacial score (nSPS) is 11.8. The largest absolute Gasteiger partial charge is 0.418 e. The molecular weight excluding hydrogens is 231 g/mol. The topological polar surface area (TPSA) is 30.7 Å². The highest BCUT2D eigenvalue weighted by molar-refractivity contribution is 5.44. The van der Waals surface area contributed by atoms with Crippen LogP contribution in [0.4, 0.5) is 13.2 Å². The van der Waals surface area contributed by atoms with Gasteiger partial charge in [-0.1, -0.05) is 18.2 Å². The summed E-state index contributed by atoms with van der Waals surface area (Å²) in [5, 5.41) is 7.09. The van der Waals surface area contributed by atoms with Gasteiger partial charge in [-0.25, -0.2) is 4.68 Å². The smallest absolute Gasteiger partial charge is 0.220 e. The molecule has 0 spiro atoms. The lowest BCUT2D eigenvalue weighted by Gasteiger charge is -2.13. The van der Waals surface area contributed by atoms with Gasteiger partial charge in [0, 0.05) is 0 Å². The van der Waals surface area contributed by atoms with E-state index in [2.05, 4.69) is 10.3 Å². The first-order valence-corrected chi connectivity index (χ1v) is 5.09. The number of benzene rings is 1. The van der Waals surface area contributed by atoms with Crippen LogP contribution in [0.25, 0.3) is 5.69 Å². The molecule has 0 bridgehead atoms. The van der Waals surface area contributed by atoms with Gasteiger partial charge in [0.15, 0.2) is 0 Å². The fourth-order valence-electron chi connectivity index (χ4n) is 1.57. The lowest BCUT2D eigenvalue weighted by Crippen LogP contribution is -2.12. The molecule has 0 N–H and O–H groups in total. The highest BCUT2D eigenvalue weighted by Crippen LogP contribution is 2.34. The molecule has 1 aromatic heterocycles. The van der Waals surface area contributed by atoms with E-state index in [9.17, 15) is 13.2 Å². The summed E-state index contributed by atoms with van der Waals surface area (Å²) in [6.45, 7) is 1.81. The molecule has 90 valence electrons. The Balaban J connectivity index is 2.59. The Morgan fingerprint density at radius 2 is 2.06 bits per heavy atom. The highest BCUT2D eigenvalue weighted by Gasteiger charge is 2.34. The van der Waals surface area contributed by atoms with Crippen LogP contribution in [0.15, 0.2) is 30.6 Å². The van der Waals surface area contributed by atoms with Crippen LogP contribution in [-0.2, 0) is 12.6 Å². The van der Waals surface area contributed by atoms with Crippen molar-refractivity contribution in [1.29, 1.82) is 0 Å². The Hall–Kier alpha value is -1.85. The van der Waals surface area contributed by atoms with Gasteiger partial charge in [-0.15, -0.1) is 5.10 Å². The Bertz CT molecular complexity index is 503. The van der Waals surface area contributed by atoms with Crippen LogP contribution in [0.5, 0.6) is 0 Å². The van der Waals surface area contributed by atoms with Gasteiger partial charge >= 0.3 is 6.18 Å². The maximum atomic E-state index is 12.9. The molecule has 17 heavy (non-hydrogen) atoms. The van der Waals surface area contributed by atoms with Crippen molar-refractivity contribution in [3.63, 3.8) is 0 Å². The van der Waals surface area contributed by atoms with E-state index in [1.54, 1.807) is 6.07 Å². The quantitative estimate of drug-likeness (QED) is 0.809. The van der Waals surface area contributed by atoms with E-state index in [0.29, 0.717) is 12.0 Å². The number of rotatable bonds is 2. The van der Waals surface area contributed by atoms with Gasteiger partial charge in [0.1, 0.15) is 0 Å². The first-order chi connectivity index (χ1) is 8.02. The molecule has 2 aromatic rings. The number of nitrogens with zero attached hydrogens (tertiary/aromatic N) is 3. The van der Waals surface area contributed by atoms with E-state index in [0.717, 1.165) is 10.7 Å². The molecule has 0 saturated carbocycles. The fourth-order valence-corrected chi connectivity index (χ4v) is 1.57. The summed E-state index contributed by atoms with van der Waals surface area (Å²) in [6.07, 6.45) is -1.11. The molecule has 1 aromatic carbocycles. The summed E-state index contributed by atoms with van der Waals surface area (Å²) >= 11 is 0. The van der Waals surface area contributed by atoms with Gasteiger partial charge < -0.3 is 0 Å². The molecule has 0 fully saturated rings. The van der Waals surface area contributed by atoms with E-state index in [4.69, 9.17) is 0 Å². The molecule has 3 nitrogen and oxygen atoms in total. The SMILES string of the molecule is CCc1ccc(-n2ccnn2)c(C(F)(F)F)c1. The standard InChI is InChI=1S/C11H10F3N3/c1-2-8-3-4-10(17-6-5-15-16-17)9(7-8)11(12,13)14/h3-7H,2H2,1H3. The predicted octanol–water partition coefficient (Wildman–Crippen LogP) is 2.85. The maximum Gasteiger partial charge on any atom is 0.418 e. The van der Waals surface area contributed by atoms with Crippen molar-refractivity contribution in [2.24, 2.45) is 0 Å². The van der Waals surface area contributed by atoms with E-state index in [-0.39, 0.29) is 5.69 Å². The van der Waals surface area contributed by atoms with Crippen LogP contribution in [0.1, 0.15) is 18.1 Å². The predicted molar refractivity (Wildman–Crippen MR) is 55.7 cm³/mol. The Morgan fingerprint density at radius 3 is 2.59 bits per heavy atom. The molecular formula is C11H10F3N3. The number of halogens is 3. The van der Waals surface area contributed by atoms with Gasteiger partial charge in [0.25, 0.3) is 0 Å². The molecule has 0 aliphatic carbocycles. The van der Waals surface area contributed by atoms with Gasteiger partial charge in [0.05, 0.1) is 23.6 Å². The van der Waals surface area contributed by atoms with Gasteiger partial charge in [-0.3, -0.25) is 0 Å². The Kier molecular flexibility index (Phi) is 2.87. The lowest BCUT2D eigenvalue weighted by atomic mass is 10.1. The van der Waals surface area contributed by atoms with Crippen molar-refractivity contribution in [3.8, 4) is 5.69 Å². The van der Waals surface area contributed by atoms with E-state index in [1.807, 2.05) is 6.92 Å². The lowest BCUT2D eigenvalue weighted by molar-refractivity contribution is -0.137. The summed E-state index contributed by atoms with van der Waals surface area (Å²) in [4.78, 5) is 0. The van der Waals surface area contributed by atoms with Crippen molar-refractivity contribution >= 4 is 0 Å². The zero-order valence-corrected chi connectivity index (χ0v) is 9.07. The first kappa shape index (κ1) is 11.6. The molecule has 0 radical (unpaired) electrons. The Labute approximate surface area is 95.9 Å². The van der Waals surface area contributed by atoms with E-state index < -0.39 is 11.7 Å². The molecule has 0 amide bonds. The summed E-state index contributed by atoms with van der Waals surface area (Å²) in [5.74, 6) is 0. The second-order valence-corrected chi connectivity index (χ2v) is 3.55. The first-order valence-electron chi connectivity index (χ1n) is 5.09. The Morgan fingerprint density at radius 1 is 1.29 bits per heavy atom. The van der Waals surface area contributed by atoms with Crippen LogP contribution in [0, 0.1) is 0 Å². The number of hydrogen-bond acceptors (Lipinski definition) is 2. The monoisotopic (exact) mass is 241 g/mol.